The topological polar surface area (TPSA) is 123 Å². The lowest BCUT2D eigenvalue weighted by molar-refractivity contribution is -0.0214. The third kappa shape index (κ3) is 7.27. The van der Waals surface area contributed by atoms with Crippen LogP contribution in [0.25, 0.3) is 16.9 Å². The Morgan fingerprint density at radius 2 is 1.54 bits per heavy atom. The zero-order valence-electron chi connectivity index (χ0n) is 27.7. The Bertz CT molecular complexity index is 2050. The van der Waals surface area contributed by atoms with E-state index in [0.717, 1.165) is 22.0 Å². The Hall–Kier alpha value is -5.05. The Morgan fingerprint density at radius 1 is 0.960 bits per heavy atom. The number of methoxy groups -OCH3 is 2. The lowest BCUT2D eigenvalue weighted by Gasteiger charge is -2.31. The largest absolute Gasteiger partial charge is 0.497 e. The number of ether oxygens (including phenoxy) is 3. The smallest absolute Gasteiger partial charge is 0.407 e. The second-order valence-corrected chi connectivity index (χ2v) is 13.9. The first-order valence-corrected chi connectivity index (χ1v) is 17.2. The second kappa shape index (κ2) is 14.4. The Labute approximate surface area is 288 Å². The molecule has 11 nitrogen and oxygen atoms in total. The van der Waals surface area contributed by atoms with Gasteiger partial charge in [0.05, 0.1) is 55.3 Å². The Balaban J connectivity index is 1.39. The van der Waals surface area contributed by atoms with Gasteiger partial charge in [0.1, 0.15) is 28.8 Å². The van der Waals surface area contributed by atoms with Crippen molar-refractivity contribution >= 4 is 21.8 Å². The summed E-state index contributed by atoms with van der Waals surface area (Å²) in [5, 5.41) is 9.52. The minimum absolute atomic E-state index is 0.0288. The van der Waals surface area contributed by atoms with Crippen molar-refractivity contribution in [2.75, 3.05) is 33.9 Å². The molecule has 1 amide bonds. The highest BCUT2D eigenvalue weighted by Gasteiger charge is 2.31. The molecular weight excluding hydrogens is 670 g/mol. The number of halogens is 2. The number of sulfonamides is 1. The molecule has 14 heteroatoms. The summed E-state index contributed by atoms with van der Waals surface area (Å²) in [5.41, 5.74) is 2.42. The number of aryl methyl sites for hydroxylation is 1. The summed E-state index contributed by atoms with van der Waals surface area (Å²) in [6.45, 7) is 2.11. The Kier molecular flexibility index (Phi) is 10.0. The number of fused-ring (bicyclic) bond motifs is 1. The zero-order valence-corrected chi connectivity index (χ0v) is 28.5. The van der Waals surface area contributed by atoms with E-state index in [1.54, 1.807) is 65.2 Å². The number of aromatic nitrogens is 2. The van der Waals surface area contributed by atoms with Gasteiger partial charge in [-0.1, -0.05) is 24.3 Å². The molecule has 1 N–H and O–H groups in total. The maximum absolute atomic E-state index is 16.2. The molecule has 0 radical (unpaired) electrons. The molecule has 0 aliphatic carbocycles. The molecule has 2 aromatic heterocycles. The molecule has 1 saturated heterocycles. The lowest BCUT2D eigenvalue weighted by atomic mass is 10.0. The van der Waals surface area contributed by atoms with Crippen LogP contribution in [0, 0.1) is 18.6 Å². The third-order valence-electron chi connectivity index (χ3n) is 8.64. The molecule has 1 fully saturated rings. The van der Waals surface area contributed by atoms with Crippen LogP contribution in [0.3, 0.4) is 0 Å². The fourth-order valence-electron chi connectivity index (χ4n) is 5.99. The predicted octanol–water partition coefficient (Wildman–Crippen LogP) is 5.92. The van der Waals surface area contributed by atoms with Crippen LogP contribution in [-0.2, 0) is 34.3 Å². The Morgan fingerprint density at radius 3 is 2.08 bits per heavy atom. The van der Waals surface area contributed by atoms with Crippen LogP contribution < -0.4 is 9.47 Å². The van der Waals surface area contributed by atoms with E-state index in [2.05, 4.69) is 4.98 Å². The highest BCUT2D eigenvalue weighted by Crippen LogP contribution is 2.34. The molecule has 1 atom stereocenters. The molecule has 5 aromatic rings. The van der Waals surface area contributed by atoms with Gasteiger partial charge < -0.3 is 28.6 Å². The fourth-order valence-corrected chi connectivity index (χ4v) is 7.43. The molecule has 6 rings (SSSR count). The molecule has 50 heavy (non-hydrogen) atoms. The molecule has 1 aliphatic rings. The number of imidazole rings is 1. The number of pyridine rings is 1. The molecule has 3 heterocycles. The van der Waals surface area contributed by atoms with Gasteiger partial charge in [-0.15, -0.1) is 0 Å². The van der Waals surface area contributed by atoms with Crippen molar-refractivity contribution in [1.29, 1.82) is 0 Å². The van der Waals surface area contributed by atoms with Gasteiger partial charge in [-0.3, -0.25) is 0 Å². The monoisotopic (exact) mass is 706 g/mol. The number of morpholine rings is 1. The van der Waals surface area contributed by atoms with Crippen molar-refractivity contribution in [3.8, 4) is 22.8 Å². The quantitative estimate of drug-likeness (QED) is 0.180. The molecule has 0 spiro atoms. The molecular formula is C36H36F2N4O7S. The first-order chi connectivity index (χ1) is 24.0. The van der Waals surface area contributed by atoms with Crippen LogP contribution in [0.2, 0.25) is 0 Å². The molecule has 1 unspecified atom stereocenters. The summed E-state index contributed by atoms with van der Waals surface area (Å²) in [6.07, 6.45) is 0.128. The summed E-state index contributed by atoms with van der Waals surface area (Å²) in [6, 6.07) is 18.9. The number of hydrogen-bond acceptors (Lipinski definition) is 7. The van der Waals surface area contributed by atoms with Gasteiger partial charge in [0.15, 0.2) is 0 Å². The summed E-state index contributed by atoms with van der Waals surface area (Å²) >= 11 is 0. The van der Waals surface area contributed by atoms with E-state index in [-0.39, 0.29) is 44.9 Å². The number of amides is 1. The lowest BCUT2D eigenvalue weighted by Crippen LogP contribution is -2.45. The summed E-state index contributed by atoms with van der Waals surface area (Å²) in [4.78, 5) is 16.9. The van der Waals surface area contributed by atoms with E-state index in [4.69, 9.17) is 14.2 Å². The van der Waals surface area contributed by atoms with Gasteiger partial charge in [-0.05, 0) is 72.1 Å². The van der Waals surface area contributed by atoms with Crippen molar-refractivity contribution in [1.82, 2.24) is 18.6 Å². The third-order valence-corrected chi connectivity index (χ3v) is 10.4. The van der Waals surface area contributed by atoms with Gasteiger partial charge >= 0.3 is 6.09 Å². The van der Waals surface area contributed by atoms with E-state index < -0.39 is 44.3 Å². The van der Waals surface area contributed by atoms with Crippen molar-refractivity contribution < 1.29 is 41.3 Å². The maximum Gasteiger partial charge on any atom is 0.407 e. The van der Waals surface area contributed by atoms with Gasteiger partial charge in [-0.25, -0.2) is 27.0 Å². The average molecular weight is 707 g/mol. The van der Waals surface area contributed by atoms with E-state index >= 15 is 8.78 Å². The summed E-state index contributed by atoms with van der Waals surface area (Å²) < 4.78 is 80.0. The standard InChI is InChI=1S/C36H36F2N4O7S/c1-23-12-13-42-32(17-28-22-40(36(43)44)14-15-49-28)35(39-33(42)16-23)34-30(37)18-29(19-31(34)38)50(45,46)41(20-24-4-8-26(47-2)9-5-24)21-25-6-10-27(48-3)11-7-25/h4-13,16,18-19,28H,14-15,17,20-22H2,1-3H3,(H,43,44). The molecule has 0 bridgehead atoms. The highest BCUT2D eigenvalue weighted by atomic mass is 32.2. The molecule has 0 saturated carbocycles. The van der Waals surface area contributed by atoms with Gasteiger partial charge in [0, 0.05) is 32.3 Å². The molecule has 1 aliphatic heterocycles. The molecule has 262 valence electrons. The van der Waals surface area contributed by atoms with E-state index in [1.807, 2.05) is 13.0 Å². The average Bonchev–Trinajstić information content (AvgIpc) is 3.44. The number of benzene rings is 3. The van der Waals surface area contributed by atoms with Crippen molar-refractivity contribution in [3.63, 3.8) is 0 Å². The van der Waals surface area contributed by atoms with Crippen molar-refractivity contribution in [3.05, 3.63) is 113 Å². The maximum atomic E-state index is 16.2. The minimum Gasteiger partial charge on any atom is -0.497 e. The number of carboxylic acid groups (broad SMARTS) is 1. The first kappa shape index (κ1) is 34.8. The normalized spacial score (nSPS) is 15.1. The summed E-state index contributed by atoms with van der Waals surface area (Å²) in [7, 11) is -1.42. The van der Waals surface area contributed by atoms with Crippen LogP contribution in [0.4, 0.5) is 13.6 Å². The summed E-state index contributed by atoms with van der Waals surface area (Å²) in [5.74, 6) is -1.05. The van der Waals surface area contributed by atoms with E-state index in [9.17, 15) is 18.3 Å². The first-order valence-electron chi connectivity index (χ1n) is 15.8. The highest BCUT2D eigenvalue weighted by molar-refractivity contribution is 7.89. The number of nitrogens with zero attached hydrogens (tertiary/aromatic N) is 4. The predicted molar refractivity (Wildman–Crippen MR) is 181 cm³/mol. The van der Waals surface area contributed by atoms with E-state index in [1.165, 1.54) is 19.1 Å². The number of carbonyl (C=O) groups is 1. The van der Waals surface area contributed by atoms with Crippen LogP contribution in [0.1, 0.15) is 22.4 Å². The number of rotatable bonds is 11. The van der Waals surface area contributed by atoms with Crippen LogP contribution in [-0.4, -0.2) is 78.2 Å². The van der Waals surface area contributed by atoms with Crippen molar-refractivity contribution in [2.24, 2.45) is 0 Å². The zero-order chi connectivity index (χ0) is 35.6. The van der Waals surface area contributed by atoms with Crippen LogP contribution in [0.15, 0.2) is 83.9 Å². The minimum atomic E-state index is -4.47. The fraction of sp³-hybridized carbons (Fsp3) is 0.278. The number of hydrogen-bond donors (Lipinski definition) is 1. The van der Waals surface area contributed by atoms with Crippen LogP contribution >= 0.6 is 0 Å². The van der Waals surface area contributed by atoms with Crippen LogP contribution in [0.5, 0.6) is 11.5 Å². The second-order valence-electron chi connectivity index (χ2n) is 12.0. The van der Waals surface area contributed by atoms with Gasteiger partial charge in [-0.2, -0.15) is 4.31 Å². The van der Waals surface area contributed by atoms with E-state index in [0.29, 0.717) is 34.0 Å². The molecule has 3 aromatic carbocycles. The SMILES string of the molecule is COc1ccc(CN(Cc2ccc(OC)cc2)S(=O)(=O)c2cc(F)c(-c3nc4cc(C)ccn4c3CC3CN(C(=O)O)CCO3)c(F)c2)cc1. The van der Waals surface area contributed by atoms with Crippen molar-refractivity contribution in [2.45, 2.75) is 37.4 Å². The van der Waals surface area contributed by atoms with Gasteiger partial charge in [0.2, 0.25) is 10.0 Å². The van der Waals surface area contributed by atoms with Gasteiger partial charge in [0.25, 0.3) is 0 Å².